The molecule has 0 saturated heterocycles. The molecule has 2 aromatic heterocycles. The molecule has 7 aromatic rings. The number of nitro groups is 2. The maximum absolute atomic E-state index is 12.8. The average Bonchev–Trinajstić information content (AvgIpc) is 3.86. The molecule has 0 aliphatic carbocycles. The molecule has 0 atom stereocenters. The summed E-state index contributed by atoms with van der Waals surface area (Å²) < 4.78 is 0. The van der Waals surface area contributed by atoms with E-state index in [-0.39, 0.29) is 22.8 Å². The standard InChI is InChI=1S/C36H24N10O6/c47-35(33-17-31(39-41-33)21-7-11-27(12-8-21)45(49)50)43-37-19-25-5-1-3-23-15-24-4-2-6-26(30(24)16-29(23)25)20-38-44-36(48)34-18-32(40-42-34)22-9-13-28(14-10-22)46(51)52/h1-20H,(H,39,41)(H,40,42)(H,43,47)(H,44,48)/b37-19+,38-20+. The summed E-state index contributed by atoms with van der Waals surface area (Å²) in [4.78, 5) is 46.4. The van der Waals surface area contributed by atoms with Crippen LogP contribution in [0.3, 0.4) is 0 Å². The first kappa shape index (κ1) is 32.7. The zero-order chi connectivity index (χ0) is 36.2. The average molecular weight is 693 g/mol. The molecule has 0 aliphatic heterocycles. The minimum Gasteiger partial charge on any atom is -0.272 e. The first-order chi connectivity index (χ1) is 25.2. The Hall–Kier alpha value is -7.88. The van der Waals surface area contributed by atoms with Crippen LogP contribution in [-0.2, 0) is 0 Å². The Morgan fingerprint density at radius 1 is 0.596 bits per heavy atom. The van der Waals surface area contributed by atoms with Crippen LogP contribution >= 0.6 is 0 Å². The van der Waals surface area contributed by atoms with Gasteiger partial charge in [-0.15, -0.1) is 0 Å². The number of benzene rings is 5. The number of H-pyrrole nitrogens is 2. The number of hydrogen-bond acceptors (Lipinski definition) is 10. The first-order valence-electron chi connectivity index (χ1n) is 15.5. The number of fused-ring (bicyclic) bond motifs is 2. The summed E-state index contributed by atoms with van der Waals surface area (Å²) >= 11 is 0. The number of carbonyl (C=O) groups excluding carboxylic acids is 2. The maximum atomic E-state index is 12.8. The third-order valence-corrected chi connectivity index (χ3v) is 8.08. The molecule has 0 fully saturated rings. The second-order valence-electron chi connectivity index (χ2n) is 11.3. The molecule has 16 heteroatoms. The van der Waals surface area contributed by atoms with Crippen LogP contribution in [0.1, 0.15) is 32.1 Å². The number of hydrazone groups is 2. The summed E-state index contributed by atoms with van der Waals surface area (Å²) in [6.07, 6.45) is 3.07. The van der Waals surface area contributed by atoms with E-state index in [1.165, 1.54) is 48.8 Å². The smallest absolute Gasteiger partial charge is 0.272 e. The number of nitro benzene ring substituents is 2. The molecule has 4 N–H and O–H groups in total. The van der Waals surface area contributed by atoms with E-state index < -0.39 is 21.7 Å². The van der Waals surface area contributed by atoms with Crippen molar-refractivity contribution in [2.45, 2.75) is 0 Å². The Kier molecular flexibility index (Phi) is 8.74. The Labute approximate surface area is 292 Å². The van der Waals surface area contributed by atoms with Gasteiger partial charge in [0.15, 0.2) is 0 Å². The molecule has 2 heterocycles. The van der Waals surface area contributed by atoms with Crippen LogP contribution in [0.4, 0.5) is 11.4 Å². The molecular weight excluding hydrogens is 668 g/mol. The van der Waals surface area contributed by atoms with Crippen LogP contribution < -0.4 is 10.9 Å². The molecule has 16 nitrogen and oxygen atoms in total. The molecule has 5 aromatic carbocycles. The van der Waals surface area contributed by atoms with Gasteiger partial charge in [-0.1, -0.05) is 36.4 Å². The topological polar surface area (TPSA) is 227 Å². The lowest BCUT2D eigenvalue weighted by molar-refractivity contribution is -0.385. The quantitative estimate of drug-likeness (QED) is 0.0564. The van der Waals surface area contributed by atoms with Gasteiger partial charge in [0, 0.05) is 46.5 Å². The third kappa shape index (κ3) is 6.83. The van der Waals surface area contributed by atoms with E-state index in [1.807, 2.05) is 48.5 Å². The van der Waals surface area contributed by atoms with Crippen LogP contribution in [0, 0.1) is 20.2 Å². The van der Waals surface area contributed by atoms with Crippen molar-refractivity contribution in [1.82, 2.24) is 31.2 Å². The minimum absolute atomic E-state index is 0.0496. The summed E-state index contributed by atoms with van der Waals surface area (Å²) in [6.45, 7) is 0. The van der Waals surface area contributed by atoms with Gasteiger partial charge in [0.2, 0.25) is 0 Å². The normalized spacial score (nSPS) is 11.4. The van der Waals surface area contributed by atoms with E-state index in [4.69, 9.17) is 0 Å². The number of amides is 2. The van der Waals surface area contributed by atoms with E-state index in [2.05, 4.69) is 41.4 Å². The molecule has 0 spiro atoms. The van der Waals surface area contributed by atoms with Gasteiger partial charge in [0.1, 0.15) is 11.4 Å². The van der Waals surface area contributed by atoms with E-state index in [0.29, 0.717) is 22.5 Å². The fraction of sp³-hybridized carbons (Fsp3) is 0. The highest BCUT2D eigenvalue weighted by atomic mass is 16.6. The van der Waals surface area contributed by atoms with Crippen LogP contribution in [0.25, 0.3) is 44.1 Å². The minimum atomic E-state index is -0.527. The van der Waals surface area contributed by atoms with Gasteiger partial charge in [0.05, 0.1) is 33.7 Å². The number of aromatic nitrogens is 4. The fourth-order valence-corrected chi connectivity index (χ4v) is 5.45. The van der Waals surface area contributed by atoms with Crippen LogP contribution in [0.2, 0.25) is 0 Å². The zero-order valence-corrected chi connectivity index (χ0v) is 26.7. The number of rotatable bonds is 10. The number of aromatic amines is 2. The van der Waals surface area contributed by atoms with Crippen molar-refractivity contribution < 1.29 is 19.4 Å². The van der Waals surface area contributed by atoms with Crippen molar-refractivity contribution in [2.24, 2.45) is 10.2 Å². The van der Waals surface area contributed by atoms with Gasteiger partial charge in [-0.05, 0) is 70.1 Å². The van der Waals surface area contributed by atoms with E-state index >= 15 is 0 Å². The molecule has 52 heavy (non-hydrogen) atoms. The Balaban J connectivity index is 1.05. The molecule has 0 radical (unpaired) electrons. The lowest BCUT2D eigenvalue weighted by Crippen LogP contribution is -2.18. The van der Waals surface area contributed by atoms with Gasteiger partial charge in [-0.3, -0.25) is 40.0 Å². The predicted molar refractivity (Wildman–Crippen MR) is 193 cm³/mol. The SMILES string of the molecule is O=C(N/N=C/c1cccc2cc3cccc(/C=N/NC(=O)c4cc(-c5ccc([N+](=O)[O-])cc5)n[nH]4)c3cc12)c1cc(-c2ccc([N+](=O)[O-])cc2)n[nH]1. The van der Waals surface area contributed by atoms with Gasteiger partial charge in [-0.2, -0.15) is 20.4 Å². The number of hydrogen-bond donors (Lipinski definition) is 4. The van der Waals surface area contributed by atoms with Gasteiger partial charge in [-0.25, -0.2) is 10.9 Å². The van der Waals surface area contributed by atoms with Crippen molar-refractivity contribution in [3.8, 4) is 22.5 Å². The summed E-state index contributed by atoms with van der Waals surface area (Å²) in [5.74, 6) is -1.05. The Morgan fingerprint density at radius 2 is 1.02 bits per heavy atom. The second kappa shape index (κ2) is 13.9. The first-order valence-corrected chi connectivity index (χ1v) is 15.5. The number of nitrogens with one attached hydrogen (secondary N) is 4. The monoisotopic (exact) mass is 692 g/mol. The van der Waals surface area contributed by atoms with Crippen molar-refractivity contribution in [2.75, 3.05) is 0 Å². The van der Waals surface area contributed by atoms with Crippen molar-refractivity contribution >= 4 is 57.2 Å². The van der Waals surface area contributed by atoms with Crippen molar-refractivity contribution in [1.29, 1.82) is 0 Å². The lowest BCUT2D eigenvalue weighted by atomic mass is 9.97. The molecule has 0 saturated carbocycles. The number of non-ortho nitro benzene ring substituents is 2. The molecule has 0 unspecified atom stereocenters. The van der Waals surface area contributed by atoms with Crippen molar-refractivity contribution in [3.63, 3.8) is 0 Å². The molecule has 7 rings (SSSR count). The van der Waals surface area contributed by atoms with E-state index in [0.717, 1.165) is 32.7 Å². The summed E-state index contributed by atoms with van der Waals surface area (Å²) in [5.41, 5.74) is 8.77. The molecule has 254 valence electrons. The largest absolute Gasteiger partial charge is 0.289 e. The zero-order valence-electron chi connectivity index (χ0n) is 26.7. The van der Waals surface area contributed by atoms with Crippen LogP contribution in [-0.4, -0.2) is 54.5 Å². The number of nitrogens with zero attached hydrogens (tertiary/aromatic N) is 6. The molecule has 0 bridgehead atoms. The van der Waals surface area contributed by atoms with Crippen LogP contribution in [0.5, 0.6) is 0 Å². The predicted octanol–water partition coefficient (Wildman–Crippen LogP) is 6.12. The van der Waals surface area contributed by atoms with Gasteiger partial charge >= 0.3 is 0 Å². The van der Waals surface area contributed by atoms with Crippen LogP contribution in [0.15, 0.2) is 119 Å². The van der Waals surface area contributed by atoms with E-state index in [9.17, 15) is 29.8 Å². The van der Waals surface area contributed by atoms with Crippen molar-refractivity contribution in [3.05, 3.63) is 152 Å². The molecule has 0 aliphatic rings. The second-order valence-corrected chi connectivity index (χ2v) is 11.3. The summed E-state index contributed by atoms with van der Waals surface area (Å²) in [7, 11) is 0. The molecule has 2 amide bonds. The highest BCUT2D eigenvalue weighted by Crippen LogP contribution is 2.27. The molecular formula is C36H24N10O6. The Bertz CT molecular complexity index is 2400. The summed E-state index contributed by atoms with van der Waals surface area (Å²) in [5, 5.41) is 47.3. The Morgan fingerprint density at radius 3 is 1.42 bits per heavy atom. The highest BCUT2D eigenvalue weighted by Gasteiger charge is 2.14. The van der Waals surface area contributed by atoms with E-state index in [1.54, 1.807) is 24.3 Å². The summed E-state index contributed by atoms with van der Waals surface area (Å²) in [6, 6.07) is 30.1. The lowest BCUT2D eigenvalue weighted by Gasteiger charge is -2.08. The van der Waals surface area contributed by atoms with Gasteiger partial charge in [0.25, 0.3) is 23.2 Å². The number of carbonyl (C=O) groups is 2. The third-order valence-electron chi connectivity index (χ3n) is 8.08. The van der Waals surface area contributed by atoms with Gasteiger partial charge < -0.3 is 0 Å². The maximum Gasteiger partial charge on any atom is 0.289 e. The highest BCUT2D eigenvalue weighted by molar-refractivity contribution is 6.10. The fourth-order valence-electron chi connectivity index (χ4n) is 5.45.